The Bertz CT molecular complexity index is 3460. The number of benzene rings is 5. The molecule has 3 aliphatic heterocycles. The Morgan fingerprint density at radius 1 is 0.816 bits per heavy atom. The molecule has 5 N–H and O–H groups in total. The number of aromatic nitrogens is 4. The number of anilines is 1. The fourth-order valence-electron chi connectivity index (χ4n) is 10.8. The van der Waals surface area contributed by atoms with Gasteiger partial charge in [0.1, 0.15) is 29.5 Å². The molecule has 0 unspecified atom stereocenters. The number of nitrogens with one attached hydrogen (secondary N) is 1. The first-order chi connectivity index (χ1) is 36.0. The maximum absolute atomic E-state index is 12.4. The van der Waals surface area contributed by atoms with Crippen LogP contribution in [0, 0.1) is 5.92 Å². The van der Waals surface area contributed by atoms with Crippen molar-refractivity contribution in [2.45, 2.75) is 49.0 Å². The number of amides is 1. The van der Waals surface area contributed by atoms with Crippen LogP contribution in [0.2, 0.25) is 0 Å². The molecule has 0 radical (unpaired) electrons. The summed E-state index contributed by atoms with van der Waals surface area (Å²) in [6, 6.07) is 31.4. The minimum Gasteiger partial charge on any atom is -0.822 e. The first kappa shape index (κ1) is 54.2. The van der Waals surface area contributed by atoms with Crippen LogP contribution >= 0.6 is 7.82 Å². The molecule has 5 aromatic carbocycles. The van der Waals surface area contributed by atoms with Crippen molar-refractivity contribution in [3.8, 4) is 28.7 Å². The number of hydrogen-bond donors (Lipinski definition) is 5. The van der Waals surface area contributed by atoms with E-state index >= 15 is 0 Å². The van der Waals surface area contributed by atoms with Crippen LogP contribution in [0.15, 0.2) is 137 Å². The van der Waals surface area contributed by atoms with E-state index in [0.29, 0.717) is 34.4 Å². The van der Waals surface area contributed by atoms with Crippen LogP contribution < -0.4 is 40.7 Å². The maximum atomic E-state index is 12.4. The molecule has 7 aromatic rings. The molecule has 1 saturated heterocycles. The van der Waals surface area contributed by atoms with Crippen molar-refractivity contribution >= 4 is 36.6 Å². The summed E-state index contributed by atoms with van der Waals surface area (Å²) in [4.78, 5) is 78.2. The smallest absolute Gasteiger partial charge is 0.340 e. The van der Waals surface area contributed by atoms with Crippen LogP contribution in [0.5, 0.6) is 28.7 Å². The molecule has 21 nitrogen and oxygen atoms in total. The Hall–Kier alpha value is -8.04. The fourth-order valence-corrected chi connectivity index (χ4v) is 10.8. The van der Waals surface area contributed by atoms with Crippen LogP contribution in [-0.2, 0) is 52.7 Å². The molecule has 1 fully saturated rings. The van der Waals surface area contributed by atoms with Crippen molar-refractivity contribution in [2.24, 2.45) is 27.1 Å². The summed E-state index contributed by atoms with van der Waals surface area (Å²) >= 11 is 0. The molecule has 1 amide bonds. The third-order valence-electron chi connectivity index (χ3n) is 14.2. The Balaban J connectivity index is 0.000000135. The van der Waals surface area contributed by atoms with Gasteiger partial charge >= 0.3 is 11.7 Å². The van der Waals surface area contributed by atoms with Gasteiger partial charge in [0, 0.05) is 73.4 Å². The summed E-state index contributed by atoms with van der Waals surface area (Å²) in [7, 11) is 3.29. The van der Waals surface area contributed by atoms with Crippen molar-refractivity contribution in [3.05, 3.63) is 182 Å². The SMILES string of the molecule is CC(=O)Nc1ccc(O)cc1.COc1ccc2c3c1O[C@H]1[C@@H](O)C=C[C@H]4[C@@H](C2)N(C)CC[C@@]341.Cn1c(=O)c2c(ncn2C)n(C)c1=O.O=C1OC(c2ccc(O)cc2)(c2ccc(O)cc2)c2ccccc21.O=P([O-])([O-])[O-]. The van der Waals surface area contributed by atoms with E-state index in [9.17, 15) is 34.5 Å². The van der Waals surface area contributed by atoms with Crippen LogP contribution in [-0.4, -0.2) is 94.8 Å². The molecule has 2 bridgehead atoms. The number of imidazole rings is 1. The lowest BCUT2D eigenvalue weighted by atomic mass is 9.53. The summed E-state index contributed by atoms with van der Waals surface area (Å²) in [5.74, 6) is 2.04. The zero-order valence-electron chi connectivity index (χ0n) is 42.0. The van der Waals surface area contributed by atoms with Crippen LogP contribution in [0.1, 0.15) is 51.5 Å². The number of phosphoric acid groups is 1. The number of likely N-dealkylation sites (tertiary alicyclic amines) is 1. The summed E-state index contributed by atoms with van der Waals surface area (Å²) in [6.45, 7) is 2.49. The summed E-state index contributed by atoms with van der Waals surface area (Å²) in [5.41, 5.74) is 5.08. The van der Waals surface area contributed by atoms with Crippen molar-refractivity contribution in [2.75, 3.05) is 26.0 Å². The number of ether oxygens (including phenoxy) is 3. The van der Waals surface area contributed by atoms with Crippen molar-refractivity contribution in [3.63, 3.8) is 0 Å². The highest BCUT2D eigenvalue weighted by Gasteiger charge is 2.64. The van der Waals surface area contributed by atoms with Gasteiger partial charge in [-0.1, -0.05) is 60.7 Å². The van der Waals surface area contributed by atoms with Gasteiger partial charge in [0.05, 0.1) is 19.0 Å². The molecule has 12 rings (SSSR count). The second kappa shape index (κ2) is 21.3. The molecule has 5 aliphatic rings. The van der Waals surface area contributed by atoms with E-state index in [1.807, 2.05) is 24.3 Å². The summed E-state index contributed by atoms with van der Waals surface area (Å²) in [6.07, 6.45) is 7.06. The number of aliphatic hydroxyl groups excluding tert-OH is 1. The number of likely N-dealkylation sites (N-methyl/N-ethyl adjacent to an activating group) is 1. The number of carbonyl (C=O) groups excluding carboxylic acids is 2. The number of nitrogens with zero attached hydrogens (tertiary/aromatic N) is 5. The predicted molar refractivity (Wildman–Crippen MR) is 272 cm³/mol. The zero-order chi connectivity index (χ0) is 55.0. The average molecular weight is 1060 g/mol. The molecule has 5 heterocycles. The minimum atomic E-state index is -5.39. The van der Waals surface area contributed by atoms with Crippen LogP contribution in [0.25, 0.3) is 11.2 Å². The predicted octanol–water partition coefficient (Wildman–Crippen LogP) is 2.56. The van der Waals surface area contributed by atoms with Gasteiger partial charge in [-0.05, 0) is 92.7 Å². The second-order valence-electron chi connectivity index (χ2n) is 18.7. The number of aliphatic hydroxyl groups is 1. The van der Waals surface area contributed by atoms with E-state index in [1.54, 1.807) is 98.6 Å². The van der Waals surface area contributed by atoms with Crippen LogP contribution in [0.3, 0.4) is 0 Å². The van der Waals surface area contributed by atoms with Gasteiger partial charge in [-0.3, -0.25) is 18.7 Å². The van der Waals surface area contributed by atoms with E-state index < -0.39 is 25.5 Å². The van der Waals surface area contributed by atoms with Crippen molar-refractivity contribution < 1.29 is 63.5 Å². The Morgan fingerprint density at radius 2 is 1.39 bits per heavy atom. The van der Waals surface area contributed by atoms with Gasteiger partial charge in [0.25, 0.3) is 5.56 Å². The summed E-state index contributed by atoms with van der Waals surface area (Å²) < 4.78 is 30.3. The highest BCUT2D eigenvalue weighted by molar-refractivity contribution is 7.40. The number of cyclic esters (lactones) is 1. The Morgan fingerprint density at radius 3 is 1.97 bits per heavy atom. The number of aromatic hydroxyl groups is 3. The number of methoxy groups -OCH3 is 1. The molecule has 1 spiro atoms. The lowest BCUT2D eigenvalue weighted by Crippen LogP contribution is -2.64. The quantitative estimate of drug-likeness (QED) is 0.0732. The van der Waals surface area contributed by atoms with Gasteiger partial charge in [-0.25, -0.2) is 14.6 Å². The largest absolute Gasteiger partial charge is 0.822 e. The van der Waals surface area contributed by atoms with Crippen molar-refractivity contribution in [1.29, 1.82) is 0 Å². The number of esters is 1. The van der Waals surface area contributed by atoms with Crippen LogP contribution in [0.4, 0.5) is 5.69 Å². The molecule has 398 valence electrons. The van der Waals surface area contributed by atoms with E-state index in [2.05, 4.69) is 34.4 Å². The number of phenolic OH excluding ortho intramolecular Hbond substituents is 3. The molecule has 2 aromatic heterocycles. The molecule has 2 aliphatic carbocycles. The Kier molecular flexibility index (Phi) is 15.2. The Labute approximate surface area is 435 Å². The number of hydrogen-bond acceptors (Lipinski definition) is 17. The fraction of sp³-hybridized carbons (Fsp3) is 0.278. The van der Waals surface area contributed by atoms with E-state index in [0.717, 1.165) is 52.1 Å². The minimum absolute atomic E-state index is 0.0806. The number of phenols is 3. The standard InChI is InChI=1S/C20H14O4.C18H21NO3.C8H10N4O2.C8H9NO2.H3O4P/c21-15-9-5-13(6-10-15)20(14-7-11-16(22)12-8-14)18-4-2-1-3-17(18)19(23)24-20;1-19-8-7-18-11-4-5-13(20)17(18)22-16-14(21-2)6-3-10(15(16)18)9-12(11)19;1-10-4-9-6-5(10)7(13)12(3)8(14)11(6)2;1-6(10)9-7-2-4-8(11)5-3-7;1-5(2,3)4/h1-12,21-22H;3-6,11-13,17,20H,7-9H2,1-2H3;4H,1-3H3;2-5,11H,1H3,(H,9,10);(H3,1,2,3,4)/p-3/t;11-,12+,13-,17-,18-;;;/m.0.../s1. The molecule has 5 atom stereocenters. The molecule has 22 heteroatoms. The molecular formula is C54H54N6O15P-3. The number of carbonyl (C=O) groups is 2. The van der Waals surface area contributed by atoms with E-state index in [4.69, 9.17) is 38.6 Å². The lowest BCUT2D eigenvalue weighted by molar-refractivity contribution is -0.432. The van der Waals surface area contributed by atoms with Gasteiger partial charge in [-0.2, -0.15) is 7.82 Å². The summed E-state index contributed by atoms with van der Waals surface area (Å²) in [5, 5.41) is 41.2. The van der Waals surface area contributed by atoms with Gasteiger partial charge in [-0.15, -0.1) is 0 Å². The van der Waals surface area contributed by atoms with Gasteiger partial charge in [0.2, 0.25) is 5.91 Å². The number of aryl methyl sites for hydroxylation is 2. The van der Waals surface area contributed by atoms with Gasteiger partial charge < -0.3 is 68.7 Å². The third kappa shape index (κ3) is 10.2. The first-order valence-corrected chi connectivity index (χ1v) is 25.2. The highest BCUT2D eigenvalue weighted by atomic mass is 31.2. The third-order valence-corrected chi connectivity index (χ3v) is 14.2. The normalized spacial score (nSPS) is 20.7. The first-order valence-electron chi connectivity index (χ1n) is 23.7. The number of piperidine rings is 1. The second-order valence-corrected chi connectivity index (χ2v) is 19.6. The monoisotopic (exact) mass is 1060 g/mol. The van der Waals surface area contributed by atoms with Crippen molar-refractivity contribution in [1.82, 2.24) is 23.6 Å². The zero-order valence-corrected chi connectivity index (χ0v) is 42.9. The maximum Gasteiger partial charge on any atom is 0.340 e. The average Bonchev–Trinajstić information content (AvgIpc) is 4.18. The van der Waals surface area contributed by atoms with E-state index in [1.165, 1.54) is 48.1 Å². The lowest BCUT2D eigenvalue weighted by Gasteiger charge is -2.56. The molecule has 0 saturated carbocycles. The molecule has 76 heavy (non-hydrogen) atoms. The van der Waals surface area contributed by atoms with Gasteiger partial charge in [0.15, 0.2) is 28.3 Å². The highest BCUT2D eigenvalue weighted by Crippen LogP contribution is 2.62. The molecular weight excluding hydrogens is 1000 g/mol. The number of rotatable bonds is 4. The van der Waals surface area contributed by atoms with E-state index in [-0.39, 0.29) is 45.9 Å². The topological polar surface area (TPSA) is 306 Å². The number of fused-ring (bicyclic) bond motifs is 2.